The zero-order valence-corrected chi connectivity index (χ0v) is 12.7. The van der Waals surface area contributed by atoms with E-state index >= 15 is 0 Å². The van der Waals surface area contributed by atoms with Crippen LogP contribution in [-0.2, 0) is 14.3 Å². The second-order valence-corrected chi connectivity index (χ2v) is 5.87. The molecule has 0 aromatic heterocycles. The van der Waals surface area contributed by atoms with E-state index in [4.69, 9.17) is 9.84 Å². The van der Waals surface area contributed by atoms with Gasteiger partial charge in [-0.3, -0.25) is 4.79 Å². The Balaban J connectivity index is 3.82. The number of unbranched alkanes of at least 4 members (excludes halogenated alkanes) is 1. The fraction of sp³-hybridized carbons (Fsp3) is 0.786. The summed E-state index contributed by atoms with van der Waals surface area (Å²) in [5.41, 5.74) is -0.528. The molecule has 0 aliphatic carbocycles. The number of carboxylic acid groups (broad SMARTS) is 1. The first-order valence-electron chi connectivity index (χ1n) is 6.81. The zero-order valence-electron chi connectivity index (χ0n) is 12.7. The minimum absolute atomic E-state index is 0.0643. The van der Waals surface area contributed by atoms with Crippen molar-refractivity contribution in [2.24, 2.45) is 5.92 Å². The van der Waals surface area contributed by atoms with Crippen molar-refractivity contribution in [3.63, 3.8) is 0 Å². The van der Waals surface area contributed by atoms with E-state index in [0.29, 0.717) is 25.8 Å². The first-order valence-corrected chi connectivity index (χ1v) is 6.81. The molecule has 0 bridgehead atoms. The maximum Gasteiger partial charge on any atom is 0.407 e. The van der Waals surface area contributed by atoms with Crippen molar-refractivity contribution < 1.29 is 24.2 Å². The summed E-state index contributed by atoms with van der Waals surface area (Å²) in [6.45, 7) is 7.17. The van der Waals surface area contributed by atoms with E-state index in [1.54, 1.807) is 20.8 Å². The molecular formula is C14H25NO5. The molecule has 6 nitrogen and oxygen atoms in total. The minimum atomic E-state index is -0.944. The molecule has 0 spiro atoms. The number of hydrogen-bond donors (Lipinski definition) is 2. The van der Waals surface area contributed by atoms with Gasteiger partial charge in [-0.2, -0.15) is 0 Å². The number of nitrogens with one attached hydrogen (secondary N) is 1. The van der Waals surface area contributed by atoms with Crippen LogP contribution in [0.1, 0.15) is 53.4 Å². The van der Waals surface area contributed by atoms with Gasteiger partial charge in [0, 0.05) is 13.0 Å². The molecule has 0 aromatic rings. The van der Waals surface area contributed by atoms with Crippen LogP contribution in [0.15, 0.2) is 0 Å². The predicted octanol–water partition coefficient (Wildman–Crippen LogP) is 2.36. The lowest BCUT2D eigenvalue weighted by atomic mass is 9.97. The van der Waals surface area contributed by atoms with Crippen molar-refractivity contribution in [3.8, 4) is 0 Å². The van der Waals surface area contributed by atoms with Crippen LogP contribution in [-0.4, -0.2) is 35.1 Å². The number of ketones is 1. The number of amides is 1. The average Bonchev–Trinajstić information content (AvgIpc) is 2.23. The SMILES string of the molecule is CC(=O)C[C@@H](CCCCNC(=O)OC(C)(C)C)C(=O)O. The molecule has 1 atom stereocenters. The Bertz CT molecular complexity index is 346. The Morgan fingerprint density at radius 3 is 2.25 bits per heavy atom. The van der Waals surface area contributed by atoms with Gasteiger partial charge in [-0.1, -0.05) is 6.42 Å². The summed E-state index contributed by atoms with van der Waals surface area (Å²) in [5.74, 6) is -1.70. The van der Waals surface area contributed by atoms with Gasteiger partial charge in [-0.05, 0) is 40.5 Å². The van der Waals surface area contributed by atoms with Crippen LogP contribution in [0.4, 0.5) is 4.79 Å². The second kappa shape index (κ2) is 8.55. The molecule has 0 unspecified atom stereocenters. The molecule has 0 radical (unpaired) electrons. The molecule has 0 aliphatic heterocycles. The van der Waals surface area contributed by atoms with Crippen molar-refractivity contribution in [1.29, 1.82) is 0 Å². The lowest BCUT2D eigenvalue weighted by molar-refractivity contribution is -0.143. The van der Waals surface area contributed by atoms with E-state index < -0.39 is 23.6 Å². The summed E-state index contributed by atoms with van der Waals surface area (Å²) >= 11 is 0. The molecule has 0 fully saturated rings. The van der Waals surface area contributed by atoms with Crippen molar-refractivity contribution in [3.05, 3.63) is 0 Å². The van der Waals surface area contributed by atoms with Crippen molar-refractivity contribution in [1.82, 2.24) is 5.32 Å². The summed E-state index contributed by atoms with van der Waals surface area (Å²) in [6.07, 6.45) is 1.32. The van der Waals surface area contributed by atoms with E-state index in [9.17, 15) is 14.4 Å². The van der Waals surface area contributed by atoms with Gasteiger partial charge >= 0.3 is 12.1 Å². The van der Waals surface area contributed by atoms with Crippen molar-refractivity contribution in [2.45, 2.75) is 59.0 Å². The lowest BCUT2D eigenvalue weighted by Gasteiger charge is -2.19. The number of ether oxygens (including phenoxy) is 1. The average molecular weight is 287 g/mol. The van der Waals surface area contributed by atoms with Gasteiger partial charge in [-0.15, -0.1) is 0 Å². The topological polar surface area (TPSA) is 92.7 Å². The molecule has 0 aromatic carbocycles. The van der Waals surface area contributed by atoms with E-state index in [1.165, 1.54) is 6.92 Å². The van der Waals surface area contributed by atoms with Gasteiger partial charge in [0.15, 0.2) is 0 Å². The molecular weight excluding hydrogens is 262 g/mol. The Morgan fingerprint density at radius 1 is 1.20 bits per heavy atom. The van der Waals surface area contributed by atoms with Crippen LogP contribution in [0, 0.1) is 5.92 Å². The van der Waals surface area contributed by atoms with E-state index in [0.717, 1.165) is 0 Å². The van der Waals surface area contributed by atoms with Gasteiger partial charge in [0.2, 0.25) is 0 Å². The number of aliphatic carboxylic acids is 1. The summed E-state index contributed by atoms with van der Waals surface area (Å²) in [5, 5.41) is 11.6. The van der Waals surface area contributed by atoms with E-state index in [1.807, 2.05) is 0 Å². The number of hydrogen-bond acceptors (Lipinski definition) is 4. The van der Waals surface area contributed by atoms with Gasteiger partial charge in [0.25, 0.3) is 0 Å². The molecule has 116 valence electrons. The number of rotatable bonds is 8. The number of carbonyl (C=O) groups excluding carboxylic acids is 2. The first kappa shape index (κ1) is 18.4. The molecule has 0 rings (SSSR count). The Morgan fingerprint density at radius 2 is 1.80 bits per heavy atom. The summed E-state index contributed by atoms with van der Waals surface area (Å²) in [6, 6.07) is 0. The van der Waals surface area contributed by atoms with E-state index in [-0.39, 0.29) is 12.2 Å². The van der Waals surface area contributed by atoms with Crippen molar-refractivity contribution in [2.75, 3.05) is 6.54 Å². The summed E-state index contributed by atoms with van der Waals surface area (Å²) < 4.78 is 5.07. The van der Waals surface area contributed by atoms with Crippen LogP contribution in [0.3, 0.4) is 0 Å². The molecule has 20 heavy (non-hydrogen) atoms. The standard InChI is InChI=1S/C14H25NO5/c1-10(16)9-11(12(17)18)7-5-6-8-15-13(19)20-14(2,3)4/h11H,5-9H2,1-4H3,(H,15,19)(H,17,18)/t11-/m1/s1. The van der Waals surface area contributed by atoms with Crippen LogP contribution in [0.5, 0.6) is 0 Å². The number of carboxylic acids is 1. The highest BCUT2D eigenvalue weighted by molar-refractivity contribution is 5.81. The fourth-order valence-electron chi connectivity index (χ4n) is 1.68. The van der Waals surface area contributed by atoms with E-state index in [2.05, 4.69) is 5.32 Å². The number of alkyl carbamates (subject to hydrolysis) is 1. The lowest BCUT2D eigenvalue weighted by Crippen LogP contribution is -2.33. The third-order valence-electron chi connectivity index (χ3n) is 2.53. The van der Waals surface area contributed by atoms with Gasteiger partial charge in [0.05, 0.1) is 5.92 Å². The highest BCUT2D eigenvalue weighted by Crippen LogP contribution is 2.13. The molecule has 0 heterocycles. The molecule has 0 aliphatic rings. The quantitative estimate of drug-likeness (QED) is 0.668. The largest absolute Gasteiger partial charge is 0.481 e. The monoisotopic (exact) mass is 287 g/mol. The summed E-state index contributed by atoms with van der Waals surface area (Å²) in [4.78, 5) is 33.2. The normalized spacial score (nSPS) is 12.6. The first-order chi connectivity index (χ1) is 9.11. The molecule has 0 saturated heterocycles. The van der Waals surface area contributed by atoms with Gasteiger partial charge < -0.3 is 20.0 Å². The van der Waals surface area contributed by atoms with Crippen LogP contribution in [0.2, 0.25) is 0 Å². The Hall–Kier alpha value is -1.59. The minimum Gasteiger partial charge on any atom is -0.481 e. The smallest absolute Gasteiger partial charge is 0.407 e. The molecule has 0 saturated carbocycles. The highest BCUT2D eigenvalue weighted by Gasteiger charge is 2.19. The molecule has 2 N–H and O–H groups in total. The van der Waals surface area contributed by atoms with Crippen LogP contribution in [0.25, 0.3) is 0 Å². The third-order valence-corrected chi connectivity index (χ3v) is 2.53. The Labute approximate surface area is 119 Å². The maximum absolute atomic E-state index is 11.3. The highest BCUT2D eigenvalue weighted by atomic mass is 16.6. The molecule has 1 amide bonds. The van der Waals surface area contributed by atoms with Gasteiger partial charge in [0.1, 0.15) is 11.4 Å². The van der Waals surface area contributed by atoms with Crippen molar-refractivity contribution >= 4 is 17.8 Å². The summed E-state index contributed by atoms with van der Waals surface area (Å²) in [7, 11) is 0. The zero-order chi connectivity index (χ0) is 15.8. The fourth-order valence-corrected chi connectivity index (χ4v) is 1.68. The maximum atomic E-state index is 11.3. The number of Topliss-reactive ketones (excluding diaryl/α,β-unsaturated/α-hetero) is 1. The predicted molar refractivity (Wildman–Crippen MR) is 74.5 cm³/mol. The Kier molecular flexibility index (Phi) is 7.87. The molecule has 6 heteroatoms. The van der Waals surface area contributed by atoms with Crippen LogP contribution < -0.4 is 5.32 Å². The second-order valence-electron chi connectivity index (χ2n) is 5.87. The third kappa shape index (κ3) is 10.3. The number of carbonyl (C=O) groups is 3. The van der Waals surface area contributed by atoms with Gasteiger partial charge in [-0.25, -0.2) is 4.79 Å². The van der Waals surface area contributed by atoms with Crippen LogP contribution >= 0.6 is 0 Å².